The van der Waals surface area contributed by atoms with Gasteiger partial charge in [0.15, 0.2) is 0 Å². The number of carbonyl (C=O) groups excluding carboxylic acids is 1. The minimum atomic E-state index is -0.190. The molecule has 2 heterocycles. The van der Waals surface area contributed by atoms with E-state index in [9.17, 15) is 4.79 Å². The predicted octanol–water partition coefficient (Wildman–Crippen LogP) is 2.85. The third-order valence-corrected chi connectivity index (χ3v) is 4.73. The summed E-state index contributed by atoms with van der Waals surface area (Å²) in [5.41, 5.74) is 7.29. The number of nitrogens with one attached hydrogen (secondary N) is 1. The Morgan fingerprint density at radius 3 is 2.76 bits per heavy atom. The Morgan fingerprint density at radius 1 is 1.32 bits per heavy atom. The molecule has 0 bridgehead atoms. The molecule has 0 aliphatic heterocycles. The highest BCUT2D eigenvalue weighted by molar-refractivity contribution is 7.10. The summed E-state index contributed by atoms with van der Waals surface area (Å²) >= 11 is 1.47. The summed E-state index contributed by atoms with van der Waals surface area (Å²) in [4.78, 5) is 16.6. The van der Waals surface area contributed by atoms with Gasteiger partial charge in [-0.2, -0.15) is 10.2 Å². The van der Waals surface area contributed by atoms with Crippen LogP contribution in [0.2, 0.25) is 0 Å². The summed E-state index contributed by atoms with van der Waals surface area (Å²) in [5, 5.41) is 11.1. The molecule has 25 heavy (non-hydrogen) atoms. The first-order valence-corrected chi connectivity index (χ1v) is 8.74. The fourth-order valence-electron chi connectivity index (χ4n) is 2.46. The van der Waals surface area contributed by atoms with E-state index in [1.54, 1.807) is 10.9 Å². The summed E-state index contributed by atoms with van der Waals surface area (Å²) in [5.74, 6) is -0.190. The van der Waals surface area contributed by atoms with Crippen LogP contribution in [-0.4, -0.2) is 26.9 Å². The van der Waals surface area contributed by atoms with Crippen LogP contribution in [0, 0.1) is 13.8 Å². The molecule has 3 rings (SSSR count). The summed E-state index contributed by atoms with van der Waals surface area (Å²) in [6.07, 6.45) is 1.84. The number of hydrazone groups is 1. The van der Waals surface area contributed by atoms with Gasteiger partial charge in [0.05, 0.1) is 24.0 Å². The van der Waals surface area contributed by atoms with Crippen LogP contribution >= 0.6 is 11.3 Å². The van der Waals surface area contributed by atoms with E-state index in [0.29, 0.717) is 0 Å². The third kappa shape index (κ3) is 4.00. The first-order chi connectivity index (χ1) is 12.0. The molecule has 7 heteroatoms. The van der Waals surface area contributed by atoms with Crippen molar-refractivity contribution in [1.29, 1.82) is 0 Å². The van der Waals surface area contributed by atoms with Crippen molar-refractivity contribution >= 4 is 23.5 Å². The Bertz CT molecular complexity index is 911. The van der Waals surface area contributed by atoms with Crippen LogP contribution in [0.1, 0.15) is 22.0 Å². The van der Waals surface area contributed by atoms with Crippen molar-refractivity contribution in [2.45, 2.75) is 20.3 Å². The summed E-state index contributed by atoms with van der Waals surface area (Å²) in [6.45, 7) is 3.88. The monoisotopic (exact) mass is 353 g/mol. The van der Waals surface area contributed by atoms with Crippen LogP contribution in [0.3, 0.4) is 0 Å². The molecule has 1 aromatic carbocycles. The zero-order chi connectivity index (χ0) is 17.8. The van der Waals surface area contributed by atoms with Gasteiger partial charge in [0, 0.05) is 29.2 Å². The number of aromatic nitrogens is 3. The van der Waals surface area contributed by atoms with Gasteiger partial charge in [-0.05, 0) is 13.8 Å². The standard InChI is InChI=1S/C18H19N5OS/c1-12-15(13(2)23(3)22-12)10-19-21-17(24)9-18-20-16(11-25-18)14-7-5-4-6-8-14/h4-8,10-11H,9H2,1-3H3,(H,21,24)/b19-10-. The van der Waals surface area contributed by atoms with E-state index in [2.05, 4.69) is 20.6 Å². The molecule has 0 aliphatic carbocycles. The topological polar surface area (TPSA) is 72.2 Å². The van der Waals surface area contributed by atoms with Gasteiger partial charge in [-0.3, -0.25) is 9.48 Å². The second kappa shape index (κ2) is 7.40. The fourth-order valence-corrected chi connectivity index (χ4v) is 3.26. The molecule has 0 radical (unpaired) electrons. The minimum absolute atomic E-state index is 0.190. The molecule has 6 nitrogen and oxygen atoms in total. The molecule has 0 aliphatic rings. The number of benzene rings is 1. The lowest BCUT2D eigenvalue weighted by Crippen LogP contribution is -2.19. The van der Waals surface area contributed by atoms with Crippen LogP contribution in [0.5, 0.6) is 0 Å². The van der Waals surface area contributed by atoms with Gasteiger partial charge in [0.25, 0.3) is 0 Å². The number of amides is 1. The molecule has 1 N–H and O–H groups in total. The van der Waals surface area contributed by atoms with Gasteiger partial charge in [0.1, 0.15) is 5.01 Å². The van der Waals surface area contributed by atoms with Crippen LogP contribution in [0.15, 0.2) is 40.8 Å². The van der Waals surface area contributed by atoms with Crippen molar-refractivity contribution in [3.63, 3.8) is 0 Å². The van der Waals surface area contributed by atoms with Gasteiger partial charge < -0.3 is 0 Å². The van der Waals surface area contributed by atoms with Gasteiger partial charge in [-0.15, -0.1) is 11.3 Å². The Morgan fingerprint density at radius 2 is 2.08 bits per heavy atom. The first kappa shape index (κ1) is 17.0. The highest BCUT2D eigenvalue weighted by Crippen LogP contribution is 2.21. The maximum atomic E-state index is 12.0. The van der Waals surface area contributed by atoms with E-state index >= 15 is 0 Å². The van der Waals surface area contributed by atoms with Crippen LogP contribution in [-0.2, 0) is 18.3 Å². The van der Waals surface area contributed by atoms with E-state index in [0.717, 1.165) is 33.2 Å². The second-order valence-corrected chi connectivity index (χ2v) is 6.61. The van der Waals surface area contributed by atoms with Gasteiger partial charge in [-0.25, -0.2) is 10.4 Å². The zero-order valence-corrected chi connectivity index (χ0v) is 15.2. The molecule has 2 aromatic heterocycles. The number of hydrogen-bond acceptors (Lipinski definition) is 5. The fraction of sp³-hybridized carbons (Fsp3) is 0.222. The average Bonchev–Trinajstić information content (AvgIpc) is 3.15. The molecular weight excluding hydrogens is 334 g/mol. The summed E-state index contributed by atoms with van der Waals surface area (Å²) in [6, 6.07) is 9.91. The van der Waals surface area contributed by atoms with Crippen molar-refractivity contribution in [2.24, 2.45) is 12.1 Å². The van der Waals surface area contributed by atoms with Crippen LogP contribution < -0.4 is 5.43 Å². The average molecular weight is 353 g/mol. The molecule has 0 spiro atoms. The molecule has 1 amide bonds. The highest BCUT2D eigenvalue weighted by Gasteiger charge is 2.09. The number of thiazole rings is 1. The number of rotatable bonds is 5. The van der Waals surface area contributed by atoms with Crippen LogP contribution in [0.25, 0.3) is 11.3 Å². The SMILES string of the molecule is Cc1nn(C)c(C)c1/C=N\NC(=O)Cc1nc(-c2ccccc2)cs1. The molecule has 128 valence electrons. The normalized spacial score (nSPS) is 11.2. The zero-order valence-electron chi connectivity index (χ0n) is 14.4. The van der Waals surface area contributed by atoms with Crippen molar-refractivity contribution in [3.05, 3.63) is 57.7 Å². The van der Waals surface area contributed by atoms with E-state index in [1.165, 1.54) is 11.3 Å². The van der Waals surface area contributed by atoms with E-state index in [4.69, 9.17) is 0 Å². The number of aryl methyl sites for hydroxylation is 2. The molecule has 0 saturated heterocycles. The maximum absolute atomic E-state index is 12.0. The van der Waals surface area contributed by atoms with Crippen molar-refractivity contribution < 1.29 is 4.79 Å². The number of hydrogen-bond donors (Lipinski definition) is 1. The van der Waals surface area contributed by atoms with Crippen LogP contribution in [0.4, 0.5) is 0 Å². The van der Waals surface area contributed by atoms with Gasteiger partial charge in [0.2, 0.25) is 5.91 Å². The number of carbonyl (C=O) groups is 1. The lowest BCUT2D eigenvalue weighted by molar-refractivity contribution is -0.120. The minimum Gasteiger partial charge on any atom is -0.273 e. The molecule has 0 fully saturated rings. The van der Waals surface area contributed by atoms with E-state index < -0.39 is 0 Å². The second-order valence-electron chi connectivity index (χ2n) is 5.67. The van der Waals surface area contributed by atoms with Crippen molar-refractivity contribution in [1.82, 2.24) is 20.2 Å². The predicted molar refractivity (Wildman–Crippen MR) is 99.7 cm³/mol. The lowest BCUT2D eigenvalue weighted by Gasteiger charge is -1.98. The van der Waals surface area contributed by atoms with Gasteiger partial charge in [-0.1, -0.05) is 30.3 Å². The summed E-state index contributed by atoms with van der Waals surface area (Å²) < 4.78 is 1.79. The summed E-state index contributed by atoms with van der Waals surface area (Å²) in [7, 11) is 1.88. The van der Waals surface area contributed by atoms with Gasteiger partial charge >= 0.3 is 0 Å². The largest absolute Gasteiger partial charge is 0.273 e. The number of nitrogens with zero attached hydrogens (tertiary/aromatic N) is 4. The maximum Gasteiger partial charge on any atom is 0.246 e. The highest BCUT2D eigenvalue weighted by atomic mass is 32.1. The molecule has 0 atom stereocenters. The Hall–Kier alpha value is -2.80. The molecule has 0 saturated carbocycles. The third-order valence-electron chi connectivity index (χ3n) is 3.88. The van der Waals surface area contributed by atoms with Crippen molar-refractivity contribution in [2.75, 3.05) is 0 Å². The Balaban J connectivity index is 1.60. The lowest BCUT2D eigenvalue weighted by atomic mass is 10.2. The van der Waals surface area contributed by atoms with E-state index in [-0.39, 0.29) is 12.3 Å². The first-order valence-electron chi connectivity index (χ1n) is 7.86. The van der Waals surface area contributed by atoms with Crippen molar-refractivity contribution in [3.8, 4) is 11.3 Å². The van der Waals surface area contributed by atoms with E-state index in [1.807, 2.05) is 56.6 Å². The smallest absolute Gasteiger partial charge is 0.246 e. The quantitative estimate of drug-likeness (QED) is 0.566. The Kier molecular flexibility index (Phi) is 5.04. The molecular formula is C18H19N5OS. The molecule has 3 aromatic rings. The Labute approximate surface area is 150 Å². The molecule has 0 unspecified atom stereocenters.